The highest BCUT2D eigenvalue weighted by Crippen LogP contribution is 2.48. The molecule has 0 aromatic carbocycles. The number of hydrogen-bond donors (Lipinski definition) is 1. The first-order chi connectivity index (χ1) is 6.62. The van der Waals surface area contributed by atoms with E-state index in [0.29, 0.717) is 5.41 Å². The van der Waals surface area contributed by atoms with Gasteiger partial charge in [-0.1, -0.05) is 26.7 Å². The van der Waals surface area contributed by atoms with Gasteiger partial charge in [0, 0.05) is 12.1 Å². The number of rotatable bonds is 3. The Bertz CT molecular complexity index is 195. The molecule has 3 unspecified atom stereocenters. The Balaban J connectivity index is 1.83. The van der Waals surface area contributed by atoms with Crippen LogP contribution in [0.5, 0.6) is 0 Å². The van der Waals surface area contributed by atoms with E-state index in [9.17, 15) is 0 Å². The molecular weight excluding hydrogens is 170 g/mol. The highest BCUT2D eigenvalue weighted by Gasteiger charge is 2.43. The molecule has 1 N–H and O–H groups in total. The van der Waals surface area contributed by atoms with E-state index in [1.807, 2.05) is 0 Å². The average molecular weight is 195 g/mol. The van der Waals surface area contributed by atoms with Crippen LogP contribution in [0.3, 0.4) is 0 Å². The Morgan fingerprint density at radius 3 is 2.43 bits per heavy atom. The summed E-state index contributed by atoms with van der Waals surface area (Å²) in [5.41, 5.74) is 0.636. The van der Waals surface area contributed by atoms with Crippen LogP contribution < -0.4 is 5.32 Å². The van der Waals surface area contributed by atoms with Gasteiger partial charge in [-0.3, -0.25) is 0 Å². The molecule has 14 heavy (non-hydrogen) atoms. The lowest BCUT2D eigenvalue weighted by molar-refractivity contribution is 0.233. The maximum absolute atomic E-state index is 3.87. The van der Waals surface area contributed by atoms with Crippen molar-refractivity contribution < 1.29 is 0 Å². The van der Waals surface area contributed by atoms with E-state index in [1.165, 1.54) is 38.5 Å². The van der Waals surface area contributed by atoms with E-state index < -0.39 is 0 Å². The van der Waals surface area contributed by atoms with Gasteiger partial charge in [0.15, 0.2) is 0 Å². The van der Waals surface area contributed by atoms with Crippen LogP contribution in [-0.2, 0) is 0 Å². The van der Waals surface area contributed by atoms with Crippen molar-refractivity contribution >= 4 is 0 Å². The molecule has 2 fully saturated rings. The van der Waals surface area contributed by atoms with Gasteiger partial charge in [0.05, 0.1) is 0 Å². The molecule has 2 aliphatic rings. The first-order valence-corrected chi connectivity index (χ1v) is 6.38. The average Bonchev–Trinajstić information content (AvgIpc) is 2.89. The molecule has 1 nitrogen and oxygen atoms in total. The van der Waals surface area contributed by atoms with Crippen molar-refractivity contribution in [2.24, 2.45) is 11.3 Å². The number of nitrogens with one attached hydrogen (secondary N) is 1. The molecule has 0 radical (unpaired) electrons. The van der Waals surface area contributed by atoms with Gasteiger partial charge >= 0.3 is 0 Å². The van der Waals surface area contributed by atoms with Gasteiger partial charge in [-0.25, -0.2) is 0 Å². The van der Waals surface area contributed by atoms with Crippen LogP contribution >= 0.6 is 0 Å². The monoisotopic (exact) mass is 195 g/mol. The third kappa shape index (κ3) is 2.13. The molecule has 0 saturated heterocycles. The zero-order chi connectivity index (χ0) is 10.2. The molecule has 2 aliphatic carbocycles. The molecule has 0 aromatic heterocycles. The summed E-state index contributed by atoms with van der Waals surface area (Å²) in [6.45, 7) is 7.23. The quantitative estimate of drug-likeness (QED) is 0.728. The minimum Gasteiger partial charge on any atom is -0.311 e. The first kappa shape index (κ1) is 10.5. The zero-order valence-electron chi connectivity index (χ0n) is 9.97. The Hall–Kier alpha value is -0.0400. The van der Waals surface area contributed by atoms with Crippen molar-refractivity contribution in [2.45, 2.75) is 71.4 Å². The van der Waals surface area contributed by atoms with Crippen molar-refractivity contribution in [3.8, 4) is 0 Å². The Morgan fingerprint density at radius 2 is 1.86 bits per heavy atom. The molecule has 0 bridgehead atoms. The molecule has 2 saturated carbocycles. The van der Waals surface area contributed by atoms with Gasteiger partial charge in [0.1, 0.15) is 0 Å². The topological polar surface area (TPSA) is 12.0 Å². The first-order valence-electron chi connectivity index (χ1n) is 6.38. The highest BCUT2D eigenvalue weighted by molar-refractivity contribution is 4.98. The van der Waals surface area contributed by atoms with Gasteiger partial charge in [-0.2, -0.15) is 0 Å². The standard InChI is InChI=1S/C13H25N/c1-10-6-4-5-7-12(10)14-11(2)13(3)8-9-13/h10-12,14H,4-9H2,1-3H3. The van der Waals surface area contributed by atoms with Crippen LogP contribution in [0.1, 0.15) is 59.3 Å². The summed E-state index contributed by atoms with van der Waals surface area (Å²) in [4.78, 5) is 0. The third-order valence-corrected chi connectivity index (χ3v) is 4.66. The van der Waals surface area contributed by atoms with E-state index in [0.717, 1.165) is 18.0 Å². The van der Waals surface area contributed by atoms with Crippen molar-refractivity contribution in [1.29, 1.82) is 0 Å². The van der Waals surface area contributed by atoms with Gasteiger partial charge < -0.3 is 5.32 Å². The molecule has 1 heteroatoms. The summed E-state index contributed by atoms with van der Waals surface area (Å²) in [7, 11) is 0. The summed E-state index contributed by atoms with van der Waals surface area (Å²) < 4.78 is 0. The van der Waals surface area contributed by atoms with Crippen LogP contribution in [0, 0.1) is 11.3 Å². The van der Waals surface area contributed by atoms with Gasteiger partial charge in [-0.05, 0) is 43.9 Å². The summed E-state index contributed by atoms with van der Waals surface area (Å²) in [5, 5.41) is 3.87. The Labute approximate surface area is 88.7 Å². The molecule has 2 rings (SSSR count). The fourth-order valence-electron chi connectivity index (χ4n) is 2.72. The van der Waals surface area contributed by atoms with Crippen LogP contribution in [0.2, 0.25) is 0 Å². The number of hydrogen-bond acceptors (Lipinski definition) is 1. The summed E-state index contributed by atoms with van der Waals surface area (Å²) in [6, 6.07) is 1.53. The van der Waals surface area contributed by atoms with Crippen molar-refractivity contribution in [3.63, 3.8) is 0 Å². The fourth-order valence-corrected chi connectivity index (χ4v) is 2.72. The molecule has 0 heterocycles. The Morgan fingerprint density at radius 1 is 1.21 bits per heavy atom. The lowest BCUT2D eigenvalue weighted by atomic mass is 9.84. The second-order valence-corrected chi connectivity index (χ2v) is 5.91. The lowest BCUT2D eigenvalue weighted by Gasteiger charge is -2.34. The van der Waals surface area contributed by atoms with Gasteiger partial charge in [-0.15, -0.1) is 0 Å². The van der Waals surface area contributed by atoms with Crippen molar-refractivity contribution in [2.75, 3.05) is 0 Å². The third-order valence-electron chi connectivity index (χ3n) is 4.66. The van der Waals surface area contributed by atoms with E-state index in [4.69, 9.17) is 0 Å². The summed E-state index contributed by atoms with van der Waals surface area (Å²) >= 11 is 0. The van der Waals surface area contributed by atoms with Crippen molar-refractivity contribution in [1.82, 2.24) is 5.32 Å². The smallest absolute Gasteiger partial charge is 0.00953 e. The lowest BCUT2D eigenvalue weighted by Crippen LogP contribution is -2.45. The Kier molecular flexibility index (Phi) is 2.88. The van der Waals surface area contributed by atoms with Gasteiger partial charge in [0.2, 0.25) is 0 Å². The van der Waals surface area contributed by atoms with E-state index >= 15 is 0 Å². The zero-order valence-corrected chi connectivity index (χ0v) is 9.97. The second-order valence-electron chi connectivity index (χ2n) is 5.91. The summed E-state index contributed by atoms with van der Waals surface area (Å²) in [6.07, 6.45) is 8.59. The molecule has 3 atom stereocenters. The van der Waals surface area contributed by atoms with E-state index in [1.54, 1.807) is 0 Å². The largest absolute Gasteiger partial charge is 0.311 e. The van der Waals surface area contributed by atoms with Crippen LogP contribution in [0.4, 0.5) is 0 Å². The predicted molar refractivity (Wildman–Crippen MR) is 61.4 cm³/mol. The molecule has 0 spiro atoms. The van der Waals surface area contributed by atoms with E-state index in [2.05, 4.69) is 26.1 Å². The predicted octanol–water partition coefficient (Wildman–Crippen LogP) is 3.34. The molecule has 0 aromatic rings. The van der Waals surface area contributed by atoms with Crippen LogP contribution in [0.25, 0.3) is 0 Å². The minimum absolute atomic E-state index is 0.636. The second kappa shape index (κ2) is 3.84. The normalized spacial score (nSPS) is 37.9. The summed E-state index contributed by atoms with van der Waals surface area (Å²) in [5.74, 6) is 0.897. The maximum atomic E-state index is 3.87. The van der Waals surface area contributed by atoms with Crippen LogP contribution in [0.15, 0.2) is 0 Å². The molecular formula is C13H25N. The molecule has 0 amide bonds. The molecule has 0 aliphatic heterocycles. The SMILES string of the molecule is CC1CCCCC1NC(C)C1(C)CC1. The maximum Gasteiger partial charge on any atom is 0.00953 e. The highest BCUT2D eigenvalue weighted by atomic mass is 15.0. The van der Waals surface area contributed by atoms with E-state index in [-0.39, 0.29) is 0 Å². The molecule has 82 valence electrons. The minimum atomic E-state index is 0.636. The van der Waals surface area contributed by atoms with Gasteiger partial charge in [0.25, 0.3) is 0 Å². The van der Waals surface area contributed by atoms with Crippen molar-refractivity contribution in [3.05, 3.63) is 0 Å². The fraction of sp³-hybridized carbons (Fsp3) is 1.00. The van der Waals surface area contributed by atoms with Crippen LogP contribution in [-0.4, -0.2) is 12.1 Å².